The van der Waals surface area contributed by atoms with Crippen molar-refractivity contribution in [2.45, 2.75) is 44.6 Å². The van der Waals surface area contributed by atoms with Gasteiger partial charge in [-0.1, -0.05) is 18.9 Å². The predicted octanol–water partition coefficient (Wildman–Crippen LogP) is 2.49. The first-order valence-corrected chi connectivity index (χ1v) is 12.4. The molecule has 0 radical (unpaired) electrons. The number of nitrogens with one attached hydrogen (secondary N) is 1. The third-order valence-electron chi connectivity index (χ3n) is 5.86. The van der Waals surface area contributed by atoms with Gasteiger partial charge >= 0.3 is 0 Å². The molecule has 4 rings (SSSR count). The Kier molecular flexibility index (Phi) is 5.81. The van der Waals surface area contributed by atoms with Crippen molar-refractivity contribution in [3.8, 4) is 0 Å². The summed E-state index contributed by atoms with van der Waals surface area (Å²) in [6, 6.07) is 3.71. The molecule has 1 aliphatic carbocycles. The fourth-order valence-corrected chi connectivity index (χ4v) is 5.01. The number of hydrogen-bond acceptors (Lipinski definition) is 7. The quantitative estimate of drug-likeness (QED) is 0.710. The summed E-state index contributed by atoms with van der Waals surface area (Å²) >= 11 is 0. The zero-order valence-electron chi connectivity index (χ0n) is 18.3. The normalized spacial score (nSPS) is 19.5. The number of aromatic nitrogens is 2. The molecule has 10 heteroatoms. The maximum Gasteiger partial charge on any atom is 0.255 e. The Morgan fingerprint density at radius 2 is 1.97 bits per heavy atom. The molecule has 2 aromatic heterocycles. The molecule has 0 bridgehead atoms. The van der Waals surface area contributed by atoms with Crippen molar-refractivity contribution in [3.63, 3.8) is 0 Å². The monoisotopic (exact) mass is 457 g/mol. The largest absolute Gasteiger partial charge is 0.480 e. The smallest absolute Gasteiger partial charge is 0.255 e. The Hall–Kier alpha value is -3.14. The van der Waals surface area contributed by atoms with Crippen LogP contribution in [-0.4, -0.2) is 37.5 Å². The highest BCUT2D eigenvalue weighted by Crippen LogP contribution is 2.33. The summed E-state index contributed by atoms with van der Waals surface area (Å²) in [5.41, 5.74) is 8.18. The summed E-state index contributed by atoms with van der Waals surface area (Å²) in [5, 5.41) is 0.862. The Labute approximate surface area is 186 Å². The van der Waals surface area contributed by atoms with Gasteiger partial charge in [0.2, 0.25) is 15.9 Å². The van der Waals surface area contributed by atoms with Crippen LogP contribution in [0.25, 0.3) is 10.9 Å². The minimum atomic E-state index is -3.53. The lowest BCUT2D eigenvalue weighted by molar-refractivity contribution is 0.284. The van der Waals surface area contributed by atoms with Gasteiger partial charge in [-0.05, 0) is 31.9 Å². The number of aryl methyl sites for hydroxylation is 1. The third kappa shape index (κ3) is 4.27. The van der Waals surface area contributed by atoms with Crippen LogP contribution < -0.4 is 16.0 Å². The van der Waals surface area contributed by atoms with Crippen LogP contribution >= 0.6 is 0 Å². The van der Waals surface area contributed by atoms with Crippen LogP contribution in [0.15, 0.2) is 45.7 Å². The van der Waals surface area contributed by atoms with Crippen LogP contribution in [0, 0.1) is 6.92 Å². The summed E-state index contributed by atoms with van der Waals surface area (Å²) in [6.07, 6.45) is 9.99. The van der Waals surface area contributed by atoms with Crippen molar-refractivity contribution >= 4 is 33.0 Å². The van der Waals surface area contributed by atoms with Gasteiger partial charge in [0.25, 0.3) is 5.56 Å². The van der Waals surface area contributed by atoms with E-state index in [9.17, 15) is 13.2 Å². The Bertz CT molecular complexity index is 1320. The number of aliphatic imine (C=N–C) groups is 1. The molecule has 1 aliphatic heterocycles. The van der Waals surface area contributed by atoms with Crippen LogP contribution in [0.3, 0.4) is 0 Å². The van der Waals surface area contributed by atoms with E-state index in [0.29, 0.717) is 11.4 Å². The summed E-state index contributed by atoms with van der Waals surface area (Å²) in [5.74, 6) is 0.0347. The van der Waals surface area contributed by atoms with Gasteiger partial charge in [-0.15, -0.1) is 0 Å². The first-order chi connectivity index (χ1) is 15.2. The number of anilines is 1. The molecule has 170 valence electrons. The fraction of sp³-hybridized carbons (Fsp3) is 0.409. The molecule has 2 aliphatic rings. The highest BCUT2D eigenvalue weighted by molar-refractivity contribution is 7.88. The topological polar surface area (TPSA) is 129 Å². The minimum absolute atomic E-state index is 0.103. The molecular formula is C22H27N5O4S. The maximum absolute atomic E-state index is 13.7. The second kappa shape index (κ2) is 8.42. The lowest BCUT2D eigenvalue weighted by Gasteiger charge is -2.21. The van der Waals surface area contributed by atoms with Gasteiger partial charge in [0, 0.05) is 40.9 Å². The molecule has 3 heterocycles. The van der Waals surface area contributed by atoms with E-state index in [4.69, 9.17) is 10.5 Å². The highest BCUT2D eigenvalue weighted by atomic mass is 32.2. The van der Waals surface area contributed by atoms with Crippen molar-refractivity contribution in [1.82, 2.24) is 14.3 Å². The van der Waals surface area contributed by atoms with Crippen molar-refractivity contribution < 1.29 is 13.2 Å². The number of pyridine rings is 2. The first-order valence-electron chi connectivity index (χ1n) is 10.5. The molecule has 0 amide bonds. The average Bonchev–Trinajstić information content (AvgIpc) is 3.16. The average molecular weight is 458 g/mol. The number of nitrogens with zero attached hydrogens (tertiary/aromatic N) is 3. The number of nitrogens with two attached hydrogens (primary N) is 1. The van der Waals surface area contributed by atoms with Gasteiger partial charge in [0.1, 0.15) is 11.5 Å². The maximum atomic E-state index is 13.7. The lowest BCUT2D eigenvalue weighted by atomic mass is 9.98. The fourth-order valence-electron chi connectivity index (χ4n) is 4.46. The summed E-state index contributed by atoms with van der Waals surface area (Å²) in [4.78, 5) is 22.4. The van der Waals surface area contributed by atoms with Gasteiger partial charge in [0.05, 0.1) is 18.9 Å². The Morgan fingerprint density at radius 3 is 2.62 bits per heavy atom. The molecule has 1 atom stereocenters. The van der Waals surface area contributed by atoms with E-state index in [2.05, 4.69) is 14.7 Å². The highest BCUT2D eigenvalue weighted by Gasteiger charge is 2.25. The van der Waals surface area contributed by atoms with E-state index in [1.54, 1.807) is 24.4 Å². The van der Waals surface area contributed by atoms with Crippen molar-refractivity contribution in [2.75, 3.05) is 19.1 Å². The second-order valence-corrected chi connectivity index (χ2v) is 9.99. The van der Waals surface area contributed by atoms with E-state index in [0.717, 1.165) is 48.5 Å². The SMILES string of the molecule is COC1=C(NS(C)(=O)=O)C=CC(c2cc3c(C)nc(N)cc3n(C3CCCC3)c2=O)C=N1. The molecule has 9 nitrogen and oxygen atoms in total. The summed E-state index contributed by atoms with van der Waals surface area (Å²) < 4.78 is 33.0. The Balaban J connectivity index is 1.88. The first kappa shape index (κ1) is 22.1. The molecule has 3 N–H and O–H groups in total. The number of nitrogen functional groups attached to an aromatic ring is 1. The van der Waals surface area contributed by atoms with Crippen LogP contribution in [0.4, 0.5) is 5.82 Å². The number of ether oxygens (including phenoxy) is 1. The molecular weight excluding hydrogens is 430 g/mol. The van der Waals surface area contributed by atoms with Crippen LogP contribution in [-0.2, 0) is 14.8 Å². The van der Waals surface area contributed by atoms with Crippen LogP contribution in [0.1, 0.15) is 48.9 Å². The zero-order chi connectivity index (χ0) is 23.0. The minimum Gasteiger partial charge on any atom is -0.480 e. The van der Waals surface area contributed by atoms with E-state index >= 15 is 0 Å². The molecule has 32 heavy (non-hydrogen) atoms. The summed E-state index contributed by atoms with van der Waals surface area (Å²) in [6.45, 7) is 1.88. The van der Waals surface area contributed by atoms with Gasteiger partial charge in [-0.2, -0.15) is 0 Å². The zero-order valence-corrected chi connectivity index (χ0v) is 19.1. The molecule has 0 saturated heterocycles. The van der Waals surface area contributed by atoms with Crippen molar-refractivity contribution in [2.24, 2.45) is 4.99 Å². The van der Waals surface area contributed by atoms with Crippen LogP contribution in [0.2, 0.25) is 0 Å². The number of fused-ring (bicyclic) bond motifs is 1. The lowest BCUT2D eigenvalue weighted by Crippen LogP contribution is -2.28. The van der Waals surface area contributed by atoms with E-state index in [-0.39, 0.29) is 23.2 Å². The molecule has 2 aromatic rings. The number of allylic oxidation sites excluding steroid dienone is 2. The second-order valence-electron chi connectivity index (χ2n) is 8.24. The molecule has 0 aromatic carbocycles. The van der Waals surface area contributed by atoms with Crippen LogP contribution in [0.5, 0.6) is 0 Å². The predicted molar refractivity (Wildman–Crippen MR) is 125 cm³/mol. The number of hydrogen-bond donors (Lipinski definition) is 2. The third-order valence-corrected chi connectivity index (χ3v) is 6.45. The van der Waals surface area contributed by atoms with Gasteiger partial charge < -0.3 is 15.0 Å². The standard InChI is InChI=1S/C22H27N5O4S/c1-13-16-10-17(14-8-9-18(26-32(3,29)30)21(31-2)24-12-14)22(28)27(15-6-4-5-7-15)19(16)11-20(23)25-13/h8-12,14-15,26H,4-7H2,1-3H3,(H2,23,25). The van der Waals surface area contributed by atoms with E-state index < -0.39 is 15.9 Å². The molecule has 1 saturated carbocycles. The van der Waals surface area contributed by atoms with E-state index in [1.165, 1.54) is 7.11 Å². The van der Waals surface area contributed by atoms with Gasteiger partial charge in [-0.25, -0.2) is 18.4 Å². The number of rotatable bonds is 5. The number of methoxy groups -OCH3 is 1. The van der Waals surface area contributed by atoms with Gasteiger partial charge in [-0.3, -0.25) is 9.52 Å². The molecule has 1 fully saturated rings. The Morgan fingerprint density at radius 1 is 1.25 bits per heavy atom. The molecule has 1 unspecified atom stereocenters. The van der Waals surface area contributed by atoms with Gasteiger partial charge in [0.15, 0.2) is 0 Å². The molecule has 0 spiro atoms. The summed E-state index contributed by atoms with van der Waals surface area (Å²) in [7, 11) is -2.12. The van der Waals surface area contributed by atoms with Crippen molar-refractivity contribution in [3.05, 3.63) is 57.5 Å². The van der Waals surface area contributed by atoms with E-state index in [1.807, 2.05) is 17.6 Å². The van der Waals surface area contributed by atoms with Crippen molar-refractivity contribution in [1.29, 1.82) is 0 Å². The number of sulfonamides is 1.